The van der Waals surface area contributed by atoms with Gasteiger partial charge in [-0.05, 0) is 31.2 Å². The zero-order valence-electron chi connectivity index (χ0n) is 8.80. The molecule has 15 heavy (non-hydrogen) atoms. The van der Waals surface area contributed by atoms with Gasteiger partial charge in [0.05, 0.1) is 12.2 Å². The summed E-state index contributed by atoms with van der Waals surface area (Å²) < 4.78 is 0. The van der Waals surface area contributed by atoms with Crippen LogP contribution in [0.5, 0.6) is 0 Å². The van der Waals surface area contributed by atoms with Gasteiger partial charge in [-0.2, -0.15) is 10.2 Å². The Hall–Kier alpha value is -1.90. The van der Waals surface area contributed by atoms with Gasteiger partial charge in [-0.3, -0.25) is 0 Å². The van der Waals surface area contributed by atoms with E-state index < -0.39 is 0 Å². The molecule has 0 aromatic heterocycles. The molecule has 0 heterocycles. The van der Waals surface area contributed by atoms with Gasteiger partial charge in [0.15, 0.2) is 0 Å². The molecule has 1 aromatic carbocycles. The van der Waals surface area contributed by atoms with Gasteiger partial charge in [-0.25, -0.2) is 0 Å². The molecular weight excluding hydrogens is 186 g/mol. The van der Waals surface area contributed by atoms with Crippen molar-refractivity contribution in [3.05, 3.63) is 48.6 Å². The van der Waals surface area contributed by atoms with Gasteiger partial charge in [-0.15, -0.1) is 0 Å². The highest BCUT2D eigenvalue weighted by atomic mass is 15.1. The number of nitrogen functional groups attached to an aromatic ring is 1. The van der Waals surface area contributed by atoms with Gasteiger partial charge in [-0.1, -0.05) is 24.3 Å². The summed E-state index contributed by atoms with van der Waals surface area (Å²) in [6.45, 7) is 2.56. The zero-order valence-corrected chi connectivity index (χ0v) is 8.80. The number of anilines is 1. The molecule has 0 atom stereocenters. The molecule has 0 radical (unpaired) electrons. The van der Waals surface area contributed by atoms with Crippen molar-refractivity contribution in [2.45, 2.75) is 6.92 Å². The highest BCUT2D eigenvalue weighted by Gasteiger charge is 1.86. The highest BCUT2D eigenvalue weighted by Crippen LogP contribution is 2.13. The maximum atomic E-state index is 5.55. The maximum absolute atomic E-state index is 5.55. The lowest BCUT2D eigenvalue weighted by atomic mass is 10.3. The van der Waals surface area contributed by atoms with E-state index in [1.54, 1.807) is 0 Å². The Morgan fingerprint density at radius 1 is 1.20 bits per heavy atom. The quantitative estimate of drug-likeness (QED) is 0.452. The summed E-state index contributed by atoms with van der Waals surface area (Å²) in [5.41, 5.74) is 7.11. The Bertz CT molecular complexity index is 361. The SMILES string of the molecule is C/C=C\C=C/CN=Nc1ccc(N)cc1. The first-order valence-corrected chi connectivity index (χ1v) is 4.84. The van der Waals surface area contributed by atoms with Crippen molar-refractivity contribution in [2.24, 2.45) is 10.2 Å². The number of nitrogens with zero attached hydrogens (tertiary/aromatic N) is 2. The van der Waals surface area contributed by atoms with Crippen molar-refractivity contribution in [1.82, 2.24) is 0 Å². The molecule has 3 nitrogen and oxygen atoms in total. The highest BCUT2D eigenvalue weighted by molar-refractivity contribution is 5.47. The topological polar surface area (TPSA) is 50.7 Å². The van der Waals surface area contributed by atoms with Crippen LogP contribution in [-0.2, 0) is 0 Å². The van der Waals surface area contributed by atoms with Crippen molar-refractivity contribution in [3.63, 3.8) is 0 Å². The number of azo groups is 1. The molecule has 0 saturated heterocycles. The third kappa shape index (κ3) is 4.76. The average molecular weight is 201 g/mol. The second-order valence-corrected chi connectivity index (χ2v) is 2.97. The number of hydrogen-bond acceptors (Lipinski definition) is 3. The summed E-state index contributed by atoms with van der Waals surface area (Å²) in [6.07, 6.45) is 7.81. The van der Waals surface area contributed by atoms with Crippen LogP contribution in [0.1, 0.15) is 6.92 Å². The Balaban J connectivity index is 2.41. The van der Waals surface area contributed by atoms with Gasteiger partial charge in [0, 0.05) is 5.69 Å². The summed E-state index contributed by atoms with van der Waals surface area (Å²) in [5.74, 6) is 0. The molecule has 0 saturated carbocycles. The lowest BCUT2D eigenvalue weighted by Gasteiger charge is -1.92. The standard InChI is InChI=1S/C12H15N3/c1-2-3-4-5-10-14-15-12-8-6-11(13)7-9-12/h2-9H,10,13H2,1H3/b3-2-,5-4-,15-14?. The Morgan fingerprint density at radius 3 is 2.60 bits per heavy atom. The summed E-state index contributed by atoms with van der Waals surface area (Å²) in [4.78, 5) is 0. The van der Waals surface area contributed by atoms with Crippen LogP contribution in [0.4, 0.5) is 11.4 Å². The summed E-state index contributed by atoms with van der Waals surface area (Å²) in [5, 5.41) is 8.05. The lowest BCUT2D eigenvalue weighted by molar-refractivity contribution is 1.07. The molecule has 1 aromatic rings. The molecule has 0 aliphatic carbocycles. The van der Waals surface area contributed by atoms with Crippen molar-refractivity contribution in [1.29, 1.82) is 0 Å². The third-order valence-corrected chi connectivity index (χ3v) is 1.71. The van der Waals surface area contributed by atoms with Crippen molar-refractivity contribution in [2.75, 3.05) is 12.3 Å². The van der Waals surface area contributed by atoms with Gasteiger partial charge in [0.1, 0.15) is 0 Å². The smallest absolute Gasteiger partial charge is 0.0854 e. The van der Waals surface area contributed by atoms with E-state index in [0.717, 1.165) is 11.4 Å². The Morgan fingerprint density at radius 2 is 1.93 bits per heavy atom. The number of hydrogen-bond donors (Lipinski definition) is 1. The van der Waals surface area contributed by atoms with Crippen LogP contribution >= 0.6 is 0 Å². The molecule has 0 aliphatic rings. The van der Waals surface area contributed by atoms with Crippen LogP contribution in [0, 0.1) is 0 Å². The average Bonchev–Trinajstić information content (AvgIpc) is 2.26. The first kappa shape index (κ1) is 11.2. The molecule has 1 rings (SSSR count). The Labute approximate surface area is 90.0 Å². The number of rotatable bonds is 4. The van der Waals surface area contributed by atoms with Crippen LogP contribution in [0.15, 0.2) is 58.8 Å². The number of nitrogens with two attached hydrogens (primary N) is 1. The van der Waals surface area contributed by atoms with Crippen LogP contribution in [0.2, 0.25) is 0 Å². The molecule has 0 fully saturated rings. The van der Waals surface area contributed by atoms with Gasteiger partial charge in [0.25, 0.3) is 0 Å². The predicted molar refractivity (Wildman–Crippen MR) is 64.2 cm³/mol. The number of benzene rings is 1. The van der Waals surface area contributed by atoms with Crippen LogP contribution < -0.4 is 5.73 Å². The van der Waals surface area contributed by atoms with E-state index in [2.05, 4.69) is 10.2 Å². The van der Waals surface area contributed by atoms with Crippen molar-refractivity contribution < 1.29 is 0 Å². The summed E-state index contributed by atoms with van der Waals surface area (Å²) in [6, 6.07) is 7.30. The van der Waals surface area contributed by atoms with Gasteiger partial charge >= 0.3 is 0 Å². The van der Waals surface area contributed by atoms with E-state index >= 15 is 0 Å². The monoisotopic (exact) mass is 201 g/mol. The fraction of sp³-hybridized carbons (Fsp3) is 0.167. The molecule has 78 valence electrons. The summed E-state index contributed by atoms with van der Waals surface area (Å²) in [7, 11) is 0. The van der Waals surface area contributed by atoms with Crippen LogP contribution in [-0.4, -0.2) is 6.54 Å². The van der Waals surface area contributed by atoms with Crippen LogP contribution in [0.3, 0.4) is 0 Å². The Kier molecular flexibility index (Phi) is 4.87. The minimum Gasteiger partial charge on any atom is -0.399 e. The molecule has 3 heteroatoms. The van der Waals surface area contributed by atoms with Gasteiger partial charge in [0.2, 0.25) is 0 Å². The minimum atomic E-state index is 0.592. The fourth-order valence-electron chi connectivity index (χ4n) is 0.961. The van der Waals surface area contributed by atoms with Crippen molar-refractivity contribution in [3.8, 4) is 0 Å². The number of allylic oxidation sites excluding steroid dienone is 3. The van der Waals surface area contributed by atoms with E-state index in [-0.39, 0.29) is 0 Å². The lowest BCUT2D eigenvalue weighted by Crippen LogP contribution is -1.80. The minimum absolute atomic E-state index is 0.592. The van der Waals surface area contributed by atoms with E-state index in [0.29, 0.717) is 6.54 Å². The fourth-order valence-corrected chi connectivity index (χ4v) is 0.961. The second-order valence-electron chi connectivity index (χ2n) is 2.97. The molecule has 0 spiro atoms. The second kappa shape index (κ2) is 6.54. The largest absolute Gasteiger partial charge is 0.399 e. The van der Waals surface area contributed by atoms with Crippen molar-refractivity contribution >= 4 is 11.4 Å². The first-order valence-electron chi connectivity index (χ1n) is 4.84. The molecule has 0 amide bonds. The predicted octanol–water partition coefficient (Wildman–Crippen LogP) is 3.48. The first-order chi connectivity index (χ1) is 7.33. The maximum Gasteiger partial charge on any atom is 0.0854 e. The molecule has 0 bridgehead atoms. The third-order valence-electron chi connectivity index (χ3n) is 1.71. The van der Waals surface area contributed by atoms with E-state index in [1.165, 1.54) is 0 Å². The van der Waals surface area contributed by atoms with E-state index in [9.17, 15) is 0 Å². The molecule has 0 aliphatic heterocycles. The van der Waals surface area contributed by atoms with Gasteiger partial charge < -0.3 is 5.73 Å². The van der Waals surface area contributed by atoms with E-state index in [1.807, 2.05) is 55.5 Å². The van der Waals surface area contributed by atoms with Crippen LogP contribution in [0.25, 0.3) is 0 Å². The van der Waals surface area contributed by atoms with E-state index in [4.69, 9.17) is 5.73 Å². The normalized spacial score (nSPS) is 12.1. The molecular formula is C12H15N3. The molecule has 0 unspecified atom stereocenters. The zero-order chi connectivity index (χ0) is 10.9. The summed E-state index contributed by atoms with van der Waals surface area (Å²) >= 11 is 0. The molecule has 2 N–H and O–H groups in total.